The molecule has 4 nitrogen and oxygen atoms in total. The number of aryl methyl sites for hydroxylation is 1. The van der Waals surface area contributed by atoms with Gasteiger partial charge in [0.25, 0.3) is 0 Å². The van der Waals surface area contributed by atoms with Crippen molar-refractivity contribution in [3.63, 3.8) is 0 Å². The first-order valence-electron chi connectivity index (χ1n) is 9.21. The molecule has 1 heterocycles. The predicted molar refractivity (Wildman–Crippen MR) is 106 cm³/mol. The maximum absolute atomic E-state index is 12.9. The number of para-hydroxylation sites is 2. The molecule has 1 unspecified atom stereocenters. The zero-order valence-corrected chi connectivity index (χ0v) is 15.4. The molecule has 3 rings (SSSR count). The first-order valence-corrected chi connectivity index (χ1v) is 9.21. The molecule has 0 saturated carbocycles. The molecule has 1 aromatic heterocycles. The highest BCUT2D eigenvalue weighted by Crippen LogP contribution is 2.28. The van der Waals surface area contributed by atoms with E-state index in [4.69, 9.17) is 10.2 Å². The minimum Gasteiger partial charge on any atom is -0.459 e. The number of nitrogens with two attached hydrogens (primary N) is 1. The number of hydrogen-bond acceptors (Lipinski definition) is 3. The average molecular weight is 350 g/mol. The van der Waals surface area contributed by atoms with Gasteiger partial charge in [0.15, 0.2) is 0 Å². The maximum Gasteiger partial charge on any atom is 0.223 e. The van der Waals surface area contributed by atoms with E-state index in [1.807, 2.05) is 66.4 Å². The van der Waals surface area contributed by atoms with Crippen LogP contribution in [0.25, 0.3) is 11.0 Å². The van der Waals surface area contributed by atoms with Gasteiger partial charge in [-0.3, -0.25) is 4.79 Å². The maximum atomic E-state index is 12.9. The number of nitrogen functional groups attached to an aromatic ring is 1. The van der Waals surface area contributed by atoms with Crippen LogP contribution < -0.4 is 5.73 Å². The molecule has 0 aliphatic heterocycles. The number of hydrogen-bond donors (Lipinski definition) is 1. The molecule has 3 aromatic rings. The Morgan fingerprint density at radius 1 is 1.15 bits per heavy atom. The van der Waals surface area contributed by atoms with E-state index in [2.05, 4.69) is 6.92 Å². The molecule has 0 spiro atoms. The van der Waals surface area contributed by atoms with Crippen LogP contribution in [0.5, 0.6) is 0 Å². The zero-order chi connectivity index (χ0) is 18.5. The first-order chi connectivity index (χ1) is 12.6. The van der Waals surface area contributed by atoms with Crippen molar-refractivity contribution in [2.75, 3.05) is 12.3 Å². The lowest BCUT2D eigenvalue weighted by Gasteiger charge is -2.28. The predicted octanol–water partition coefficient (Wildman–Crippen LogP) is 4.95. The minimum atomic E-state index is -0.0945. The molecule has 2 aromatic carbocycles. The molecule has 136 valence electrons. The third-order valence-electron chi connectivity index (χ3n) is 4.77. The quantitative estimate of drug-likeness (QED) is 0.614. The molecule has 2 N–H and O–H groups in total. The number of fused-ring (bicyclic) bond motifs is 1. The van der Waals surface area contributed by atoms with Crippen LogP contribution in [0.3, 0.4) is 0 Å². The summed E-state index contributed by atoms with van der Waals surface area (Å²) < 4.78 is 5.98. The Hall–Kier alpha value is -2.75. The Morgan fingerprint density at radius 2 is 1.88 bits per heavy atom. The van der Waals surface area contributed by atoms with Crippen molar-refractivity contribution in [2.24, 2.45) is 0 Å². The number of furan rings is 1. The Morgan fingerprint density at radius 3 is 2.62 bits per heavy atom. The summed E-state index contributed by atoms with van der Waals surface area (Å²) in [6.45, 7) is 4.82. The second-order valence-electron chi connectivity index (χ2n) is 6.65. The number of carbonyl (C=O) groups is 1. The fourth-order valence-corrected chi connectivity index (χ4v) is 3.28. The number of anilines is 1. The zero-order valence-electron chi connectivity index (χ0n) is 15.4. The SMILES string of the molecule is CCCN(C(=O)CCc1ccccc1N)C(C)c1cc2ccccc2o1. The summed E-state index contributed by atoms with van der Waals surface area (Å²) in [7, 11) is 0. The summed E-state index contributed by atoms with van der Waals surface area (Å²) >= 11 is 0. The number of benzene rings is 2. The Labute approximate surface area is 154 Å². The minimum absolute atomic E-state index is 0.0945. The molecule has 0 radical (unpaired) electrons. The van der Waals surface area contributed by atoms with E-state index in [1.165, 1.54) is 0 Å². The van der Waals surface area contributed by atoms with Crippen molar-refractivity contribution in [3.8, 4) is 0 Å². The lowest BCUT2D eigenvalue weighted by Crippen LogP contribution is -2.34. The van der Waals surface area contributed by atoms with Crippen molar-refractivity contribution in [3.05, 3.63) is 65.9 Å². The normalized spacial score (nSPS) is 12.2. The first kappa shape index (κ1) is 18.1. The van der Waals surface area contributed by atoms with E-state index in [0.29, 0.717) is 19.4 Å². The van der Waals surface area contributed by atoms with Gasteiger partial charge >= 0.3 is 0 Å². The molecular formula is C22H26N2O2. The number of nitrogens with zero attached hydrogens (tertiary/aromatic N) is 1. The van der Waals surface area contributed by atoms with Crippen LogP contribution >= 0.6 is 0 Å². The highest BCUT2D eigenvalue weighted by Gasteiger charge is 2.23. The van der Waals surface area contributed by atoms with Crippen molar-refractivity contribution < 1.29 is 9.21 Å². The molecule has 1 atom stereocenters. The molecule has 0 aliphatic rings. The summed E-state index contributed by atoms with van der Waals surface area (Å²) in [5.74, 6) is 0.954. The summed E-state index contributed by atoms with van der Waals surface area (Å²) in [6.07, 6.45) is 2.00. The van der Waals surface area contributed by atoms with Crippen LogP contribution in [0, 0.1) is 0 Å². The van der Waals surface area contributed by atoms with E-state index in [0.717, 1.165) is 34.4 Å². The monoisotopic (exact) mass is 350 g/mol. The van der Waals surface area contributed by atoms with E-state index in [-0.39, 0.29) is 11.9 Å². The molecule has 0 saturated heterocycles. The van der Waals surface area contributed by atoms with Gasteiger partial charge in [-0.05, 0) is 43.5 Å². The molecular weight excluding hydrogens is 324 g/mol. The van der Waals surface area contributed by atoms with Crippen LogP contribution in [-0.2, 0) is 11.2 Å². The standard InChI is InChI=1S/C22H26N2O2/c1-3-14-24(22(25)13-12-17-8-4-6-10-19(17)23)16(2)21-15-18-9-5-7-11-20(18)26-21/h4-11,15-16H,3,12-14,23H2,1-2H3. The smallest absolute Gasteiger partial charge is 0.223 e. The van der Waals surface area contributed by atoms with Gasteiger partial charge in [0, 0.05) is 24.0 Å². The largest absolute Gasteiger partial charge is 0.459 e. The van der Waals surface area contributed by atoms with Gasteiger partial charge in [-0.15, -0.1) is 0 Å². The van der Waals surface area contributed by atoms with Crippen molar-refractivity contribution in [1.29, 1.82) is 0 Å². The molecule has 1 amide bonds. The van der Waals surface area contributed by atoms with E-state index in [9.17, 15) is 4.79 Å². The van der Waals surface area contributed by atoms with Crippen molar-refractivity contribution in [1.82, 2.24) is 4.90 Å². The Kier molecular flexibility index (Phi) is 5.61. The second-order valence-corrected chi connectivity index (χ2v) is 6.65. The summed E-state index contributed by atoms with van der Waals surface area (Å²) in [5.41, 5.74) is 8.62. The second kappa shape index (κ2) is 8.09. The Bertz CT molecular complexity index is 851. The van der Waals surface area contributed by atoms with Crippen LogP contribution in [0.2, 0.25) is 0 Å². The summed E-state index contributed by atoms with van der Waals surface area (Å²) in [6, 6.07) is 17.6. The van der Waals surface area contributed by atoms with Gasteiger partial charge in [0.1, 0.15) is 11.3 Å². The van der Waals surface area contributed by atoms with Gasteiger partial charge in [-0.1, -0.05) is 43.3 Å². The lowest BCUT2D eigenvalue weighted by molar-refractivity contribution is -0.133. The highest BCUT2D eigenvalue weighted by atomic mass is 16.3. The third-order valence-corrected chi connectivity index (χ3v) is 4.77. The summed E-state index contributed by atoms with van der Waals surface area (Å²) in [5, 5.41) is 1.07. The molecule has 0 aliphatic carbocycles. The summed E-state index contributed by atoms with van der Waals surface area (Å²) in [4.78, 5) is 14.8. The lowest BCUT2D eigenvalue weighted by atomic mass is 10.1. The van der Waals surface area contributed by atoms with E-state index in [1.54, 1.807) is 0 Å². The van der Waals surface area contributed by atoms with Crippen LogP contribution in [-0.4, -0.2) is 17.4 Å². The third kappa shape index (κ3) is 3.90. The molecule has 0 fully saturated rings. The van der Waals surface area contributed by atoms with Gasteiger partial charge in [0.2, 0.25) is 5.91 Å². The Balaban J connectivity index is 1.74. The number of rotatable bonds is 7. The van der Waals surface area contributed by atoms with Crippen LogP contribution in [0.1, 0.15) is 44.1 Å². The van der Waals surface area contributed by atoms with E-state index >= 15 is 0 Å². The fraction of sp³-hybridized carbons (Fsp3) is 0.318. The average Bonchev–Trinajstić information content (AvgIpc) is 3.09. The van der Waals surface area contributed by atoms with E-state index < -0.39 is 0 Å². The van der Waals surface area contributed by atoms with Crippen LogP contribution in [0.4, 0.5) is 5.69 Å². The molecule has 4 heteroatoms. The molecule has 26 heavy (non-hydrogen) atoms. The van der Waals surface area contributed by atoms with Gasteiger partial charge < -0.3 is 15.1 Å². The van der Waals surface area contributed by atoms with Gasteiger partial charge in [-0.2, -0.15) is 0 Å². The number of carbonyl (C=O) groups excluding carboxylic acids is 1. The fourth-order valence-electron chi connectivity index (χ4n) is 3.28. The van der Waals surface area contributed by atoms with Gasteiger partial charge in [0.05, 0.1) is 6.04 Å². The van der Waals surface area contributed by atoms with Crippen LogP contribution in [0.15, 0.2) is 59.0 Å². The van der Waals surface area contributed by atoms with Crippen molar-refractivity contribution >= 4 is 22.6 Å². The number of amides is 1. The van der Waals surface area contributed by atoms with Gasteiger partial charge in [-0.25, -0.2) is 0 Å². The highest BCUT2D eigenvalue weighted by molar-refractivity contribution is 5.79. The molecule has 0 bridgehead atoms. The topological polar surface area (TPSA) is 59.5 Å². The van der Waals surface area contributed by atoms with Crippen molar-refractivity contribution in [2.45, 2.75) is 39.2 Å².